The van der Waals surface area contributed by atoms with Gasteiger partial charge >= 0.3 is 12.1 Å². The Morgan fingerprint density at radius 1 is 1.38 bits per heavy atom. The van der Waals surface area contributed by atoms with Gasteiger partial charge in [-0.1, -0.05) is 11.6 Å². The maximum Gasteiger partial charge on any atom is 0.414 e. The molecule has 9 nitrogen and oxygen atoms in total. The van der Waals surface area contributed by atoms with E-state index < -0.39 is 12.1 Å². The Morgan fingerprint density at radius 2 is 2.16 bits per heavy atom. The summed E-state index contributed by atoms with van der Waals surface area (Å²) in [6, 6.07) is 5.54. The number of carboxylic acid groups (broad SMARTS) is 1. The minimum absolute atomic E-state index is 0.144. The minimum atomic E-state index is -1.05. The number of anilines is 5. The molecular weight excluding hydrogens is 522 g/mol. The van der Waals surface area contributed by atoms with Crippen molar-refractivity contribution in [2.45, 2.75) is 13.3 Å². The number of cyclic esters (lactones) is 1. The molecule has 1 aliphatic heterocycles. The fourth-order valence-electron chi connectivity index (χ4n) is 3.18. The second-order valence-corrected chi connectivity index (χ2v) is 9.66. The Balaban J connectivity index is 1.61. The highest BCUT2D eigenvalue weighted by molar-refractivity contribution is 9.11. The molecule has 0 saturated heterocycles. The Hall–Kier alpha value is -2.89. The van der Waals surface area contributed by atoms with Crippen LogP contribution in [0.4, 0.5) is 33.6 Å². The van der Waals surface area contributed by atoms with E-state index in [1.807, 2.05) is 18.2 Å². The molecule has 0 atom stereocenters. The van der Waals surface area contributed by atoms with E-state index in [1.165, 1.54) is 11.1 Å². The maximum absolute atomic E-state index is 11.9. The lowest BCUT2D eigenvalue weighted by molar-refractivity contribution is 0.0703. The Bertz CT molecular complexity index is 1230. The van der Waals surface area contributed by atoms with Crippen molar-refractivity contribution in [2.24, 2.45) is 0 Å². The van der Waals surface area contributed by atoms with Crippen LogP contribution >= 0.6 is 38.9 Å². The van der Waals surface area contributed by atoms with Gasteiger partial charge in [-0.25, -0.2) is 14.6 Å². The molecule has 0 spiro atoms. The van der Waals surface area contributed by atoms with Crippen molar-refractivity contribution in [1.29, 1.82) is 0 Å². The summed E-state index contributed by atoms with van der Waals surface area (Å²) in [6.45, 7) is 2.09. The largest absolute Gasteiger partial charge is 0.477 e. The Labute approximate surface area is 200 Å². The summed E-state index contributed by atoms with van der Waals surface area (Å²) in [4.78, 5) is 33.7. The van der Waals surface area contributed by atoms with E-state index >= 15 is 0 Å². The summed E-state index contributed by atoms with van der Waals surface area (Å²) in [5.41, 5.74) is 3.60. The lowest BCUT2D eigenvalue weighted by Gasteiger charge is -2.17. The van der Waals surface area contributed by atoms with Crippen LogP contribution in [0.2, 0.25) is 5.02 Å². The van der Waals surface area contributed by atoms with Crippen molar-refractivity contribution in [1.82, 2.24) is 9.97 Å². The van der Waals surface area contributed by atoms with Gasteiger partial charge in [0.15, 0.2) is 5.82 Å². The molecule has 1 amide bonds. The SMILES string of the molecule is Cc1c(Br)sc(C(=O)O)c1Nc1nc(Nc2ccc3c(c2)CCOC(=O)N3C)ncc1Cl. The molecule has 0 fully saturated rings. The molecule has 4 rings (SSSR count). The molecule has 0 radical (unpaired) electrons. The molecule has 3 N–H and O–H groups in total. The van der Waals surface area contributed by atoms with Crippen molar-refractivity contribution in [3.63, 3.8) is 0 Å². The normalized spacial score (nSPS) is 13.2. The number of carbonyl (C=O) groups is 2. The predicted octanol–water partition coefficient (Wildman–Crippen LogP) is 5.58. The average Bonchev–Trinajstić information content (AvgIpc) is 2.95. The number of aromatic nitrogens is 2. The van der Waals surface area contributed by atoms with Crippen LogP contribution in [0, 0.1) is 6.92 Å². The highest BCUT2D eigenvalue weighted by Crippen LogP contribution is 2.39. The van der Waals surface area contributed by atoms with E-state index in [-0.39, 0.29) is 21.7 Å². The second-order valence-electron chi connectivity index (χ2n) is 6.92. The number of carbonyl (C=O) groups excluding carboxylic acids is 1. The predicted molar refractivity (Wildman–Crippen MR) is 127 cm³/mol. The maximum atomic E-state index is 11.9. The van der Waals surface area contributed by atoms with Crippen LogP contribution in [0.15, 0.2) is 28.2 Å². The molecule has 166 valence electrons. The Morgan fingerprint density at radius 3 is 2.91 bits per heavy atom. The van der Waals surface area contributed by atoms with Gasteiger partial charge in [-0.15, -0.1) is 11.3 Å². The number of hydrogen-bond donors (Lipinski definition) is 3. The number of amides is 1. The number of hydrogen-bond acceptors (Lipinski definition) is 8. The van der Waals surface area contributed by atoms with Crippen molar-refractivity contribution < 1.29 is 19.4 Å². The number of thiophene rings is 1. The quantitative estimate of drug-likeness (QED) is 0.386. The van der Waals surface area contributed by atoms with E-state index in [0.29, 0.717) is 22.5 Å². The summed E-state index contributed by atoms with van der Waals surface area (Å²) >= 11 is 10.7. The molecule has 1 aromatic carbocycles. The molecule has 3 heterocycles. The zero-order valence-electron chi connectivity index (χ0n) is 16.9. The summed E-state index contributed by atoms with van der Waals surface area (Å²) in [6.07, 6.45) is 1.62. The van der Waals surface area contributed by atoms with E-state index in [9.17, 15) is 14.7 Å². The van der Waals surface area contributed by atoms with Crippen LogP contribution in [0.3, 0.4) is 0 Å². The first-order valence-electron chi connectivity index (χ1n) is 9.36. The van der Waals surface area contributed by atoms with Crippen molar-refractivity contribution in [2.75, 3.05) is 29.2 Å². The van der Waals surface area contributed by atoms with Gasteiger partial charge in [0, 0.05) is 19.2 Å². The number of halogens is 2. The Kier molecular flexibility index (Phi) is 6.22. The zero-order chi connectivity index (χ0) is 23.0. The smallest absolute Gasteiger partial charge is 0.414 e. The third kappa shape index (κ3) is 4.36. The van der Waals surface area contributed by atoms with Crippen molar-refractivity contribution in [3.8, 4) is 0 Å². The highest BCUT2D eigenvalue weighted by atomic mass is 79.9. The van der Waals surface area contributed by atoms with Gasteiger partial charge in [-0.05, 0) is 52.2 Å². The molecule has 3 aromatic rings. The molecule has 2 aromatic heterocycles. The summed E-state index contributed by atoms with van der Waals surface area (Å²) in [7, 11) is 1.66. The van der Waals surface area contributed by atoms with Gasteiger partial charge in [-0.2, -0.15) is 4.98 Å². The number of aromatic carboxylic acids is 1. The van der Waals surface area contributed by atoms with Crippen LogP contribution in [-0.4, -0.2) is 40.8 Å². The van der Waals surface area contributed by atoms with E-state index in [1.54, 1.807) is 14.0 Å². The van der Waals surface area contributed by atoms with Crippen LogP contribution < -0.4 is 15.5 Å². The van der Waals surface area contributed by atoms with Gasteiger partial charge in [0.1, 0.15) is 9.90 Å². The van der Waals surface area contributed by atoms with Crippen molar-refractivity contribution >= 4 is 79.8 Å². The molecular formula is C20H17BrClN5O4S. The number of ether oxygens (including phenoxy) is 1. The van der Waals surface area contributed by atoms with E-state index in [4.69, 9.17) is 16.3 Å². The first kappa shape index (κ1) is 22.3. The topological polar surface area (TPSA) is 117 Å². The monoisotopic (exact) mass is 537 g/mol. The average molecular weight is 539 g/mol. The van der Waals surface area contributed by atoms with Crippen LogP contribution in [0.5, 0.6) is 0 Å². The number of nitrogens with one attached hydrogen (secondary N) is 2. The third-order valence-electron chi connectivity index (χ3n) is 4.84. The molecule has 0 unspecified atom stereocenters. The number of carboxylic acids is 1. The standard InChI is InChI=1S/C20H17BrClN5O4S/c1-9-14(15(18(28)29)32-16(9)21)25-17-12(22)8-23-19(26-17)24-11-3-4-13-10(7-11)5-6-31-20(30)27(13)2/h3-4,7-8H,5-6H2,1-2H3,(H,28,29)(H2,23,24,25,26). The molecule has 0 saturated carbocycles. The first-order valence-corrected chi connectivity index (χ1v) is 11.4. The highest BCUT2D eigenvalue weighted by Gasteiger charge is 2.22. The van der Waals surface area contributed by atoms with Gasteiger partial charge in [0.25, 0.3) is 0 Å². The molecule has 32 heavy (non-hydrogen) atoms. The van der Waals surface area contributed by atoms with Crippen LogP contribution in [0.25, 0.3) is 0 Å². The fourth-order valence-corrected chi connectivity index (χ4v) is 4.83. The number of fused-ring (bicyclic) bond motifs is 1. The van der Waals surface area contributed by atoms with Gasteiger partial charge in [0.2, 0.25) is 5.95 Å². The summed E-state index contributed by atoms with van der Waals surface area (Å²) in [5.74, 6) is -0.504. The minimum Gasteiger partial charge on any atom is -0.477 e. The van der Waals surface area contributed by atoms with Gasteiger partial charge < -0.3 is 20.5 Å². The third-order valence-corrected chi connectivity index (χ3v) is 7.26. The lowest BCUT2D eigenvalue weighted by atomic mass is 10.1. The van der Waals surface area contributed by atoms with Gasteiger partial charge in [0.05, 0.1) is 28.0 Å². The first-order chi connectivity index (χ1) is 15.2. The van der Waals surface area contributed by atoms with E-state index in [0.717, 1.165) is 33.8 Å². The van der Waals surface area contributed by atoms with E-state index in [2.05, 4.69) is 36.5 Å². The number of benzene rings is 1. The van der Waals surface area contributed by atoms with Crippen LogP contribution in [0.1, 0.15) is 20.8 Å². The molecule has 0 aliphatic carbocycles. The van der Waals surface area contributed by atoms with Crippen molar-refractivity contribution in [3.05, 3.63) is 49.2 Å². The lowest BCUT2D eigenvalue weighted by Crippen LogP contribution is -2.25. The molecule has 0 bridgehead atoms. The number of rotatable bonds is 5. The number of nitrogens with zero attached hydrogens (tertiary/aromatic N) is 3. The molecule has 12 heteroatoms. The molecule has 1 aliphatic rings. The summed E-state index contributed by atoms with van der Waals surface area (Å²) in [5, 5.41) is 15.9. The summed E-state index contributed by atoms with van der Waals surface area (Å²) < 4.78 is 5.86. The van der Waals surface area contributed by atoms with Crippen LogP contribution in [-0.2, 0) is 11.2 Å². The fraction of sp³-hybridized carbons (Fsp3) is 0.200. The van der Waals surface area contributed by atoms with Gasteiger partial charge in [-0.3, -0.25) is 4.90 Å². The second kappa shape index (κ2) is 8.93. The zero-order valence-corrected chi connectivity index (χ0v) is 20.1.